The molecule has 1 aliphatic rings. The summed E-state index contributed by atoms with van der Waals surface area (Å²) in [6.45, 7) is 5.00. The fourth-order valence-electron chi connectivity index (χ4n) is 3.34. The lowest BCUT2D eigenvalue weighted by Gasteiger charge is -2.24. The molecule has 23 heavy (non-hydrogen) atoms. The Hall–Kier alpha value is -1.78. The van der Waals surface area contributed by atoms with Gasteiger partial charge >= 0.3 is 0 Å². The molecule has 0 saturated heterocycles. The van der Waals surface area contributed by atoms with Crippen LogP contribution in [0.5, 0.6) is 5.75 Å². The summed E-state index contributed by atoms with van der Waals surface area (Å²) in [6.07, 6.45) is 3.30. The average molecular weight is 314 g/mol. The van der Waals surface area contributed by atoms with Gasteiger partial charge in [-0.1, -0.05) is 12.1 Å². The fourth-order valence-corrected chi connectivity index (χ4v) is 3.34. The van der Waals surface area contributed by atoms with E-state index in [0.717, 1.165) is 45.0 Å². The molecule has 124 valence electrons. The highest BCUT2D eigenvalue weighted by molar-refractivity contribution is 5.27. The molecule has 1 aromatic heterocycles. The summed E-state index contributed by atoms with van der Waals surface area (Å²) in [5, 5.41) is 0. The first-order chi connectivity index (χ1) is 11.3. The number of rotatable bonds is 6. The summed E-state index contributed by atoms with van der Waals surface area (Å²) in [7, 11) is 3.49. The molecule has 1 aromatic carbocycles. The van der Waals surface area contributed by atoms with Crippen LogP contribution in [-0.4, -0.2) is 36.8 Å². The summed E-state index contributed by atoms with van der Waals surface area (Å²) in [5.41, 5.74) is 2.73. The zero-order chi connectivity index (χ0) is 16.1. The Bertz CT molecular complexity index is 606. The van der Waals surface area contributed by atoms with Crippen molar-refractivity contribution in [3.63, 3.8) is 0 Å². The van der Waals surface area contributed by atoms with E-state index < -0.39 is 0 Å². The molecule has 1 aliphatic heterocycles. The molecule has 0 saturated carbocycles. The van der Waals surface area contributed by atoms with E-state index in [9.17, 15) is 0 Å². The maximum absolute atomic E-state index is 5.29. The maximum atomic E-state index is 5.29. The minimum absolute atomic E-state index is 0.627. The summed E-state index contributed by atoms with van der Waals surface area (Å²) >= 11 is 0. The molecule has 0 fully saturated rings. The number of fused-ring (bicyclic) bond motifs is 1. The van der Waals surface area contributed by atoms with Gasteiger partial charge in [0.2, 0.25) is 0 Å². The van der Waals surface area contributed by atoms with E-state index in [1.165, 1.54) is 11.3 Å². The second-order valence-corrected chi connectivity index (χ2v) is 6.32. The molecule has 1 atom stereocenters. The maximum Gasteiger partial charge on any atom is 0.118 e. The number of hydrogen-bond acceptors (Lipinski definition) is 3. The van der Waals surface area contributed by atoms with E-state index in [-0.39, 0.29) is 0 Å². The molecule has 2 heterocycles. The lowest BCUT2D eigenvalue weighted by atomic mass is 10.1. The van der Waals surface area contributed by atoms with Crippen LogP contribution in [-0.2, 0) is 24.4 Å². The zero-order valence-electron chi connectivity index (χ0n) is 14.1. The Labute approximate surface area is 138 Å². The highest BCUT2D eigenvalue weighted by Crippen LogP contribution is 2.22. The zero-order valence-corrected chi connectivity index (χ0v) is 14.1. The Kier molecular flexibility index (Phi) is 5.36. The third kappa shape index (κ3) is 4.15. The van der Waals surface area contributed by atoms with Gasteiger partial charge in [0.15, 0.2) is 0 Å². The van der Waals surface area contributed by atoms with Gasteiger partial charge in [-0.3, -0.25) is 4.90 Å². The monoisotopic (exact) mass is 314 g/mol. The lowest BCUT2D eigenvalue weighted by molar-refractivity contribution is 0.151. The molecule has 0 amide bonds. The van der Waals surface area contributed by atoms with Crippen molar-refractivity contribution in [3.8, 4) is 5.75 Å². The predicted octanol–water partition coefficient (Wildman–Crippen LogP) is 3.17. The van der Waals surface area contributed by atoms with Crippen molar-refractivity contribution in [2.45, 2.75) is 26.1 Å². The molecule has 3 rings (SSSR count). The van der Waals surface area contributed by atoms with Gasteiger partial charge < -0.3 is 14.0 Å². The Balaban J connectivity index is 1.71. The van der Waals surface area contributed by atoms with E-state index in [1.807, 2.05) is 12.1 Å². The number of hydrogen-bond donors (Lipinski definition) is 0. The first kappa shape index (κ1) is 16.1. The van der Waals surface area contributed by atoms with Crippen molar-refractivity contribution < 1.29 is 9.47 Å². The predicted molar refractivity (Wildman–Crippen MR) is 91.5 cm³/mol. The van der Waals surface area contributed by atoms with Crippen molar-refractivity contribution >= 4 is 0 Å². The molecule has 1 unspecified atom stereocenters. The Morgan fingerprint density at radius 2 is 1.91 bits per heavy atom. The van der Waals surface area contributed by atoms with Crippen molar-refractivity contribution in [1.82, 2.24) is 9.47 Å². The van der Waals surface area contributed by atoms with Gasteiger partial charge in [-0.15, -0.1) is 0 Å². The van der Waals surface area contributed by atoms with Crippen molar-refractivity contribution in [2.24, 2.45) is 5.92 Å². The van der Waals surface area contributed by atoms with Crippen molar-refractivity contribution in [1.29, 1.82) is 0 Å². The molecule has 0 radical (unpaired) electrons. The largest absolute Gasteiger partial charge is 0.497 e. The van der Waals surface area contributed by atoms with Gasteiger partial charge in [0.25, 0.3) is 0 Å². The molecule has 0 N–H and O–H groups in total. The van der Waals surface area contributed by atoms with Gasteiger partial charge in [-0.25, -0.2) is 0 Å². The van der Waals surface area contributed by atoms with Gasteiger partial charge in [0.1, 0.15) is 5.75 Å². The van der Waals surface area contributed by atoms with Crippen molar-refractivity contribution in [2.75, 3.05) is 27.4 Å². The summed E-state index contributed by atoms with van der Waals surface area (Å²) in [6, 6.07) is 12.8. The third-order valence-electron chi connectivity index (χ3n) is 4.58. The van der Waals surface area contributed by atoms with Crippen LogP contribution in [0.3, 0.4) is 0 Å². The Morgan fingerprint density at radius 3 is 2.65 bits per heavy atom. The van der Waals surface area contributed by atoms with E-state index in [4.69, 9.17) is 9.47 Å². The van der Waals surface area contributed by atoms with Crippen LogP contribution >= 0.6 is 0 Å². The van der Waals surface area contributed by atoms with E-state index in [1.54, 1.807) is 14.2 Å². The van der Waals surface area contributed by atoms with Gasteiger partial charge in [0, 0.05) is 51.8 Å². The Morgan fingerprint density at radius 1 is 1.09 bits per heavy atom. The summed E-state index contributed by atoms with van der Waals surface area (Å²) < 4.78 is 12.9. The molecular weight excluding hydrogens is 288 g/mol. The lowest BCUT2D eigenvalue weighted by Crippen LogP contribution is -2.28. The molecular formula is C19H26N2O2. The third-order valence-corrected chi connectivity index (χ3v) is 4.58. The molecule has 4 nitrogen and oxygen atoms in total. The van der Waals surface area contributed by atoms with E-state index >= 15 is 0 Å². The van der Waals surface area contributed by atoms with Crippen molar-refractivity contribution in [3.05, 3.63) is 53.9 Å². The molecule has 0 aliphatic carbocycles. The smallest absolute Gasteiger partial charge is 0.118 e. The highest BCUT2D eigenvalue weighted by atomic mass is 16.5. The van der Waals surface area contributed by atoms with Crippen LogP contribution in [0.2, 0.25) is 0 Å². The summed E-state index contributed by atoms with van der Waals surface area (Å²) in [5.74, 6) is 1.54. The number of aromatic nitrogens is 1. The van der Waals surface area contributed by atoms with E-state index in [0.29, 0.717) is 5.92 Å². The van der Waals surface area contributed by atoms with Crippen LogP contribution in [0.25, 0.3) is 0 Å². The number of methoxy groups -OCH3 is 2. The van der Waals surface area contributed by atoms with E-state index in [2.05, 4.69) is 39.9 Å². The second-order valence-electron chi connectivity index (χ2n) is 6.32. The SMILES string of the molecule is COCCC1CN(Cc2ccc(OC)cc2)Cc2cccn2C1. The normalized spacial score (nSPS) is 18.4. The summed E-state index contributed by atoms with van der Waals surface area (Å²) in [4.78, 5) is 2.54. The first-order valence-corrected chi connectivity index (χ1v) is 8.26. The number of nitrogens with zero attached hydrogens (tertiary/aromatic N) is 2. The fraction of sp³-hybridized carbons (Fsp3) is 0.474. The quantitative estimate of drug-likeness (QED) is 0.819. The van der Waals surface area contributed by atoms with Crippen LogP contribution in [0.4, 0.5) is 0 Å². The highest BCUT2D eigenvalue weighted by Gasteiger charge is 2.21. The van der Waals surface area contributed by atoms with Gasteiger partial charge in [0.05, 0.1) is 7.11 Å². The van der Waals surface area contributed by atoms with Crippen LogP contribution < -0.4 is 4.74 Å². The average Bonchev–Trinajstić information content (AvgIpc) is 2.93. The number of ether oxygens (including phenoxy) is 2. The minimum atomic E-state index is 0.627. The minimum Gasteiger partial charge on any atom is -0.497 e. The standard InChI is InChI=1S/C19H26N2O2/c1-22-11-9-17-13-20(15-18-4-3-10-21(18)14-17)12-16-5-7-19(23-2)8-6-16/h3-8,10,17H,9,11-15H2,1-2H3. The van der Waals surface area contributed by atoms with Crippen LogP contribution in [0.1, 0.15) is 17.7 Å². The molecule has 2 aromatic rings. The molecule has 0 spiro atoms. The molecule has 4 heteroatoms. The number of benzene rings is 1. The first-order valence-electron chi connectivity index (χ1n) is 8.26. The molecule has 0 bridgehead atoms. The van der Waals surface area contributed by atoms with Gasteiger partial charge in [-0.2, -0.15) is 0 Å². The van der Waals surface area contributed by atoms with Crippen LogP contribution in [0.15, 0.2) is 42.6 Å². The van der Waals surface area contributed by atoms with Crippen LogP contribution in [0, 0.1) is 5.92 Å². The second kappa shape index (κ2) is 7.66. The van der Waals surface area contributed by atoms with Gasteiger partial charge in [-0.05, 0) is 42.2 Å². The topological polar surface area (TPSA) is 26.6 Å².